The number of Topliss-reactive ketones (excluding diaryl/α,β-unsaturated/α-hetero) is 2. The number of amides is 2. The summed E-state index contributed by atoms with van der Waals surface area (Å²) in [5.41, 5.74) is 2.46. The van der Waals surface area contributed by atoms with Gasteiger partial charge in [-0.25, -0.2) is 0 Å². The molecule has 260 valence electrons. The molecule has 0 bridgehead atoms. The van der Waals surface area contributed by atoms with Gasteiger partial charge in [-0.05, 0) is 101 Å². The first-order valence-corrected chi connectivity index (χ1v) is 18.0. The Balaban J connectivity index is 1.35. The van der Waals surface area contributed by atoms with Crippen LogP contribution in [0.25, 0.3) is 5.57 Å². The maximum atomic E-state index is 15.2. The van der Waals surface area contributed by atoms with Crippen molar-refractivity contribution in [1.29, 1.82) is 0 Å². The van der Waals surface area contributed by atoms with Crippen LogP contribution in [0.4, 0.5) is 5.69 Å². The monoisotopic (exact) mass is 755 g/mol. The number of allylic oxidation sites excluding steroid dienone is 4. The summed E-state index contributed by atoms with van der Waals surface area (Å²) in [7, 11) is 1.44. The number of benzene rings is 4. The number of phenolic OH excluding ortho intramolecular Hbond substituents is 1. The molecule has 4 aliphatic rings. The molecule has 6 atom stereocenters. The first-order valence-electron chi connectivity index (χ1n) is 17.2. The molecule has 9 heteroatoms. The van der Waals surface area contributed by atoms with Gasteiger partial charge in [-0.15, -0.1) is 0 Å². The van der Waals surface area contributed by atoms with Crippen molar-refractivity contribution in [3.05, 3.63) is 142 Å². The quantitative estimate of drug-likeness (QED) is 0.124. The Kier molecular flexibility index (Phi) is 8.21. The zero-order valence-electron chi connectivity index (χ0n) is 28.4. The van der Waals surface area contributed by atoms with Gasteiger partial charge >= 0.3 is 0 Å². The second-order valence-electron chi connectivity index (χ2n) is 14.0. The number of fused-ring (bicyclic) bond motifs is 4. The normalized spacial score (nSPS) is 26.6. The number of imide groups is 1. The summed E-state index contributed by atoms with van der Waals surface area (Å²) in [6, 6.07) is 28.3. The van der Waals surface area contributed by atoms with Gasteiger partial charge in [-0.2, -0.15) is 0 Å². The average molecular weight is 757 g/mol. The Bertz CT molecular complexity index is 2240. The second-order valence-corrected chi connectivity index (χ2v) is 14.8. The third-order valence-corrected chi connectivity index (χ3v) is 12.1. The Morgan fingerprint density at radius 3 is 2.21 bits per heavy atom. The lowest BCUT2D eigenvalue weighted by molar-refractivity contribution is -0.135. The van der Waals surface area contributed by atoms with Crippen molar-refractivity contribution in [2.45, 2.75) is 31.1 Å². The number of anilines is 1. The number of hydrogen-bond donors (Lipinski definition) is 1. The van der Waals surface area contributed by atoms with Crippen molar-refractivity contribution in [1.82, 2.24) is 0 Å². The summed E-state index contributed by atoms with van der Waals surface area (Å²) in [5.74, 6) is -4.88. The molecular formula is C43H34BrNO7. The molecule has 0 aromatic heterocycles. The van der Waals surface area contributed by atoms with Gasteiger partial charge in [0.05, 0.1) is 34.5 Å². The maximum absolute atomic E-state index is 15.2. The molecule has 2 amide bonds. The smallest absolute Gasteiger partial charge is 0.238 e. The van der Waals surface area contributed by atoms with Gasteiger partial charge in [0.25, 0.3) is 0 Å². The van der Waals surface area contributed by atoms with E-state index >= 15 is 9.59 Å². The lowest BCUT2D eigenvalue weighted by Gasteiger charge is -2.55. The van der Waals surface area contributed by atoms with E-state index < -0.39 is 35.0 Å². The Labute approximate surface area is 308 Å². The van der Waals surface area contributed by atoms with Crippen LogP contribution in [-0.4, -0.2) is 41.4 Å². The van der Waals surface area contributed by atoms with E-state index in [4.69, 9.17) is 4.74 Å². The van der Waals surface area contributed by atoms with E-state index in [9.17, 15) is 19.5 Å². The van der Waals surface area contributed by atoms with E-state index in [-0.39, 0.29) is 53.5 Å². The topological polar surface area (TPSA) is 118 Å². The highest BCUT2D eigenvalue weighted by atomic mass is 79.9. The number of carbonyl (C=O) groups excluding carboxylic acids is 5. The first-order chi connectivity index (χ1) is 25.1. The molecule has 52 heavy (non-hydrogen) atoms. The van der Waals surface area contributed by atoms with E-state index in [1.807, 2.05) is 66.7 Å². The van der Waals surface area contributed by atoms with Crippen molar-refractivity contribution < 1.29 is 33.8 Å². The fourth-order valence-corrected chi connectivity index (χ4v) is 9.72. The third kappa shape index (κ3) is 4.89. The number of carbonyl (C=O) groups is 5. The summed E-state index contributed by atoms with van der Waals surface area (Å²) in [4.78, 5) is 72.2. The van der Waals surface area contributed by atoms with Crippen LogP contribution in [0.2, 0.25) is 0 Å². The number of methoxy groups -OCH3 is 1. The summed E-state index contributed by atoms with van der Waals surface area (Å²) < 4.78 is 5.94. The van der Waals surface area contributed by atoms with Crippen LogP contribution in [0.15, 0.2) is 119 Å². The minimum atomic E-state index is -1.42. The molecule has 4 aromatic carbocycles. The predicted molar refractivity (Wildman–Crippen MR) is 198 cm³/mol. The van der Waals surface area contributed by atoms with Crippen LogP contribution in [0.3, 0.4) is 0 Å². The Morgan fingerprint density at radius 1 is 0.885 bits per heavy atom. The highest BCUT2D eigenvalue weighted by Gasteiger charge is 2.66. The molecule has 1 saturated heterocycles. The first kappa shape index (κ1) is 33.7. The molecule has 1 aliphatic heterocycles. The number of ether oxygens (including phenoxy) is 1. The van der Waals surface area contributed by atoms with Gasteiger partial charge in [-0.3, -0.25) is 28.9 Å². The van der Waals surface area contributed by atoms with E-state index in [1.165, 1.54) is 25.0 Å². The summed E-state index contributed by atoms with van der Waals surface area (Å²) in [6.45, 7) is 1.45. The molecule has 4 aromatic rings. The summed E-state index contributed by atoms with van der Waals surface area (Å²) in [5, 5.41) is 10.9. The molecule has 6 unspecified atom stereocenters. The van der Waals surface area contributed by atoms with Crippen LogP contribution in [0, 0.1) is 23.7 Å². The Hall–Kier alpha value is -5.41. The zero-order valence-corrected chi connectivity index (χ0v) is 30.0. The fourth-order valence-electron chi connectivity index (χ4n) is 9.27. The number of ketones is 3. The number of rotatable bonds is 6. The maximum Gasteiger partial charge on any atom is 0.238 e. The number of hydrogen-bond acceptors (Lipinski definition) is 7. The van der Waals surface area contributed by atoms with Crippen molar-refractivity contribution in [3.8, 4) is 11.5 Å². The van der Waals surface area contributed by atoms with E-state index in [0.717, 1.165) is 5.57 Å². The van der Waals surface area contributed by atoms with Crippen LogP contribution in [0.5, 0.6) is 11.5 Å². The number of phenols is 1. The van der Waals surface area contributed by atoms with E-state index in [1.54, 1.807) is 36.4 Å². The highest BCUT2D eigenvalue weighted by Crippen LogP contribution is 2.64. The molecule has 3 aliphatic carbocycles. The average Bonchev–Trinajstić information content (AvgIpc) is 3.42. The van der Waals surface area contributed by atoms with Crippen molar-refractivity contribution >= 4 is 56.4 Å². The van der Waals surface area contributed by atoms with Gasteiger partial charge in [0.15, 0.2) is 28.8 Å². The van der Waals surface area contributed by atoms with E-state index in [2.05, 4.69) is 15.9 Å². The fraction of sp³-hybridized carbons (Fsp3) is 0.233. The molecule has 0 spiro atoms. The van der Waals surface area contributed by atoms with Crippen LogP contribution < -0.4 is 9.64 Å². The molecule has 1 saturated carbocycles. The Morgan fingerprint density at radius 2 is 1.56 bits per heavy atom. The number of aromatic hydroxyl groups is 1. The zero-order chi connectivity index (χ0) is 36.5. The molecule has 8 rings (SSSR count). The lowest BCUT2D eigenvalue weighted by atomic mass is 9.44. The number of halogens is 1. The van der Waals surface area contributed by atoms with Crippen molar-refractivity contribution in [2.24, 2.45) is 23.7 Å². The minimum absolute atomic E-state index is 0.109. The van der Waals surface area contributed by atoms with Gasteiger partial charge < -0.3 is 9.84 Å². The van der Waals surface area contributed by atoms with Gasteiger partial charge in [0.1, 0.15) is 0 Å². The molecule has 1 N–H and O–H groups in total. The summed E-state index contributed by atoms with van der Waals surface area (Å²) in [6.07, 6.45) is 3.90. The molecule has 0 radical (unpaired) electrons. The predicted octanol–water partition coefficient (Wildman–Crippen LogP) is 7.39. The lowest BCUT2D eigenvalue weighted by Crippen LogP contribution is -2.58. The van der Waals surface area contributed by atoms with Crippen LogP contribution in [-0.2, 0) is 24.6 Å². The second kappa shape index (κ2) is 12.7. The van der Waals surface area contributed by atoms with Crippen LogP contribution in [0.1, 0.15) is 52.7 Å². The third-order valence-electron chi connectivity index (χ3n) is 11.5. The SMILES string of the molecule is COc1cc(C2C3=CCC4C(=O)N(c5ccc(C(C)=O)cc5)C(=O)C4C3CC3C(=O)C(c4ccccc4)=CC(=O)C32c2ccccc2)cc(Br)c1O. The van der Waals surface area contributed by atoms with Crippen LogP contribution >= 0.6 is 15.9 Å². The van der Waals surface area contributed by atoms with Gasteiger partial charge in [0, 0.05) is 23.0 Å². The molecule has 2 fully saturated rings. The van der Waals surface area contributed by atoms with E-state index in [0.29, 0.717) is 38.0 Å². The molecular weight excluding hydrogens is 722 g/mol. The molecule has 1 heterocycles. The molecule has 8 nitrogen and oxygen atoms in total. The minimum Gasteiger partial charge on any atom is -0.503 e. The highest BCUT2D eigenvalue weighted by molar-refractivity contribution is 9.10. The number of nitrogens with zero attached hydrogens (tertiary/aromatic N) is 1. The largest absolute Gasteiger partial charge is 0.503 e. The van der Waals surface area contributed by atoms with Crippen molar-refractivity contribution in [3.63, 3.8) is 0 Å². The van der Waals surface area contributed by atoms with Gasteiger partial charge in [0.2, 0.25) is 11.8 Å². The van der Waals surface area contributed by atoms with Crippen molar-refractivity contribution in [2.75, 3.05) is 12.0 Å². The standard InChI is InChI=1S/C43H34BrNO7/c1-23(46)24-13-15-28(16-14-24)45-41(50)30-18-17-29-32(37(30)42(45)51)21-33-39(48)31(25-9-5-3-6-10-25)22-36(47)43(33,27-11-7-4-8-12-27)38(29)26-19-34(44)40(49)35(20-26)52-2/h3-17,19-20,22,30,32-33,37-38,49H,18,21H2,1-2H3. The van der Waals surface area contributed by atoms with Gasteiger partial charge in [-0.1, -0.05) is 72.3 Å². The summed E-state index contributed by atoms with van der Waals surface area (Å²) >= 11 is 3.49.